The molecule has 11 heteroatoms. The monoisotopic (exact) mass is 699 g/mol. The lowest BCUT2D eigenvalue weighted by Crippen LogP contribution is -2.53. The largest absolute Gasteiger partial charge is 0.354 e. The molecule has 0 aliphatic carbocycles. The van der Waals surface area contributed by atoms with E-state index in [1.165, 1.54) is 35.2 Å². The fourth-order valence-electron chi connectivity index (χ4n) is 4.86. The maximum absolute atomic E-state index is 14.5. The molecule has 242 valence electrons. The van der Waals surface area contributed by atoms with Crippen molar-refractivity contribution < 1.29 is 18.0 Å². The first-order valence-corrected chi connectivity index (χ1v) is 17.3. The lowest BCUT2D eigenvalue weighted by Gasteiger charge is -2.34. The van der Waals surface area contributed by atoms with Crippen LogP contribution in [0, 0.1) is 12.8 Å². The third kappa shape index (κ3) is 9.48. The molecule has 0 fully saturated rings. The Morgan fingerprint density at radius 2 is 1.41 bits per heavy atom. The highest BCUT2D eigenvalue weighted by atomic mass is 35.5. The van der Waals surface area contributed by atoms with Crippen molar-refractivity contribution in [2.75, 3.05) is 17.4 Å². The summed E-state index contributed by atoms with van der Waals surface area (Å²) in [5.74, 6) is -0.791. The molecular formula is C35H36Cl3N3O4S. The van der Waals surface area contributed by atoms with E-state index in [1.807, 2.05) is 51.1 Å². The average Bonchev–Trinajstić information content (AvgIpc) is 3.00. The van der Waals surface area contributed by atoms with Crippen molar-refractivity contribution in [1.82, 2.24) is 10.2 Å². The Hall–Kier alpha value is -3.56. The van der Waals surface area contributed by atoms with Crippen LogP contribution in [0.5, 0.6) is 0 Å². The molecule has 0 radical (unpaired) electrons. The van der Waals surface area contributed by atoms with Gasteiger partial charge in [-0.3, -0.25) is 13.9 Å². The molecule has 4 rings (SSSR count). The second-order valence-corrected chi connectivity index (χ2v) is 14.6. The molecule has 0 spiro atoms. The molecule has 4 aromatic carbocycles. The molecule has 0 saturated carbocycles. The van der Waals surface area contributed by atoms with Gasteiger partial charge in [0.15, 0.2) is 0 Å². The van der Waals surface area contributed by atoms with Crippen LogP contribution in [0.3, 0.4) is 0 Å². The number of amides is 2. The second kappa shape index (κ2) is 15.8. The van der Waals surface area contributed by atoms with Gasteiger partial charge < -0.3 is 10.2 Å². The van der Waals surface area contributed by atoms with Gasteiger partial charge in [-0.1, -0.05) is 109 Å². The van der Waals surface area contributed by atoms with E-state index in [9.17, 15) is 18.0 Å². The van der Waals surface area contributed by atoms with Crippen molar-refractivity contribution >= 4 is 62.3 Å². The highest BCUT2D eigenvalue weighted by Gasteiger charge is 2.35. The minimum atomic E-state index is -4.29. The molecule has 0 aliphatic heterocycles. The minimum Gasteiger partial charge on any atom is -0.354 e. The summed E-state index contributed by atoms with van der Waals surface area (Å²) in [5.41, 5.74) is 2.49. The number of sulfonamides is 1. The van der Waals surface area contributed by atoms with Crippen molar-refractivity contribution in [2.24, 2.45) is 5.92 Å². The number of carbonyl (C=O) groups is 2. The van der Waals surface area contributed by atoms with Gasteiger partial charge in [0.25, 0.3) is 10.0 Å². The molecule has 0 saturated heterocycles. The predicted octanol–water partition coefficient (Wildman–Crippen LogP) is 7.56. The summed E-state index contributed by atoms with van der Waals surface area (Å²) in [4.78, 5) is 29.8. The van der Waals surface area contributed by atoms with E-state index in [1.54, 1.807) is 36.4 Å². The average molecular weight is 701 g/mol. The standard InChI is InChI=1S/C35H36Cl3N3O4S/c1-24(2)21-39-35(43)33(17-26-8-5-4-6-9-26)40(22-27-10-7-11-28(36)16-27)34(42)23-41(31-19-29(37)18-30(38)20-31)46(44,45)32-14-12-25(3)13-15-32/h4-16,18-20,24,33H,17,21-23H2,1-3H3,(H,39,43)/t33-/m0/s1. The molecule has 0 aliphatic rings. The zero-order valence-electron chi connectivity index (χ0n) is 25.8. The number of carbonyl (C=O) groups excluding carboxylic acids is 2. The Bertz CT molecular complexity index is 1750. The van der Waals surface area contributed by atoms with Crippen molar-refractivity contribution in [3.05, 3.63) is 129 Å². The van der Waals surface area contributed by atoms with E-state index >= 15 is 0 Å². The number of nitrogens with one attached hydrogen (secondary N) is 1. The third-order valence-corrected chi connectivity index (χ3v) is 9.68. The van der Waals surface area contributed by atoms with Gasteiger partial charge >= 0.3 is 0 Å². The lowest BCUT2D eigenvalue weighted by atomic mass is 10.0. The Kier molecular flexibility index (Phi) is 12.1. The van der Waals surface area contributed by atoms with Gasteiger partial charge in [-0.05, 0) is 66.4 Å². The summed E-state index contributed by atoms with van der Waals surface area (Å²) in [7, 11) is -4.29. The number of rotatable bonds is 13. The van der Waals surface area contributed by atoms with E-state index in [2.05, 4.69) is 5.32 Å². The van der Waals surface area contributed by atoms with Gasteiger partial charge in [-0.25, -0.2) is 8.42 Å². The number of nitrogens with zero attached hydrogens (tertiary/aromatic N) is 2. The molecule has 0 bridgehead atoms. The summed E-state index contributed by atoms with van der Waals surface area (Å²) < 4.78 is 29.3. The van der Waals surface area contributed by atoms with E-state index in [4.69, 9.17) is 34.8 Å². The summed E-state index contributed by atoms with van der Waals surface area (Å²) in [6.07, 6.45) is 0.199. The maximum atomic E-state index is 14.5. The van der Waals surface area contributed by atoms with Crippen LogP contribution >= 0.6 is 34.8 Å². The van der Waals surface area contributed by atoms with Crippen LogP contribution in [-0.2, 0) is 32.6 Å². The molecule has 0 unspecified atom stereocenters. The van der Waals surface area contributed by atoms with Crippen molar-refractivity contribution in [3.63, 3.8) is 0 Å². The van der Waals surface area contributed by atoms with E-state index in [-0.39, 0.29) is 45.4 Å². The second-order valence-electron chi connectivity index (χ2n) is 11.4. The SMILES string of the molecule is Cc1ccc(S(=O)(=O)N(CC(=O)N(Cc2cccc(Cl)c2)[C@@H](Cc2ccccc2)C(=O)NCC(C)C)c2cc(Cl)cc(Cl)c2)cc1. The van der Waals surface area contributed by atoms with E-state index in [0.29, 0.717) is 17.1 Å². The van der Waals surface area contributed by atoms with Gasteiger partial charge in [0, 0.05) is 34.6 Å². The topological polar surface area (TPSA) is 86.8 Å². The number of hydrogen-bond donors (Lipinski definition) is 1. The van der Waals surface area contributed by atoms with Gasteiger partial charge in [0.05, 0.1) is 10.6 Å². The molecule has 1 atom stereocenters. The van der Waals surface area contributed by atoms with Crippen LogP contribution in [0.1, 0.15) is 30.5 Å². The molecule has 7 nitrogen and oxygen atoms in total. The molecule has 46 heavy (non-hydrogen) atoms. The normalized spacial score (nSPS) is 12.1. The third-order valence-electron chi connectivity index (χ3n) is 7.22. The quantitative estimate of drug-likeness (QED) is 0.156. The van der Waals surface area contributed by atoms with Gasteiger partial charge in [0.2, 0.25) is 11.8 Å². The molecule has 2 amide bonds. The lowest BCUT2D eigenvalue weighted by molar-refractivity contribution is -0.140. The van der Waals surface area contributed by atoms with Crippen LogP contribution in [0.25, 0.3) is 0 Å². The zero-order valence-corrected chi connectivity index (χ0v) is 28.9. The smallest absolute Gasteiger partial charge is 0.264 e. The number of benzene rings is 4. The number of halogens is 3. The molecule has 1 N–H and O–H groups in total. The van der Waals surface area contributed by atoms with E-state index in [0.717, 1.165) is 15.4 Å². The van der Waals surface area contributed by atoms with E-state index < -0.39 is 28.5 Å². The first-order chi connectivity index (χ1) is 21.8. The Morgan fingerprint density at radius 1 is 0.783 bits per heavy atom. The Labute approximate surface area is 286 Å². The van der Waals surface area contributed by atoms with Crippen molar-refractivity contribution in [2.45, 2.75) is 44.7 Å². The number of aryl methyl sites for hydroxylation is 1. The van der Waals surface area contributed by atoms with Gasteiger partial charge in [-0.2, -0.15) is 0 Å². The Balaban J connectivity index is 1.82. The summed E-state index contributed by atoms with van der Waals surface area (Å²) in [6, 6.07) is 26.0. The summed E-state index contributed by atoms with van der Waals surface area (Å²) in [6.45, 7) is 5.57. The van der Waals surface area contributed by atoms with Crippen molar-refractivity contribution in [1.29, 1.82) is 0 Å². The summed E-state index contributed by atoms with van der Waals surface area (Å²) in [5, 5.41) is 3.83. The fourth-order valence-corrected chi connectivity index (χ4v) is 6.98. The minimum absolute atomic E-state index is 0.000708. The van der Waals surface area contributed by atoms with Gasteiger partial charge in [0.1, 0.15) is 12.6 Å². The van der Waals surface area contributed by atoms with Crippen LogP contribution in [0.15, 0.2) is 102 Å². The highest BCUT2D eigenvalue weighted by molar-refractivity contribution is 7.92. The fraction of sp³-hybridized carbons (Fsp3) is 0.257. The van der Waals surface area contributed by atoms with Crippen LogP contribution < -0.4 is 9.62 Å². The first-order valence-electron chi connectivity index (χ1n) is 14.7. The first kappa shape index (κ1) is 35.3. The zero-order chi connectivity index (χ0) is 33.4. The molecular weight excluding hydrogens is 665 g/mol. The van der Waals surface area contributed by atoms with Crippen LogP contribution in [0.4, 0.5) is 5.69 Å². The van der Waals surface area contributed by atoms with Crippen molar-refractivity contribution in [3.8, 4) is 0 Å². The van der Waals surface area contributed by atoms with Crippen LogP contribution in [0.2, 0.25) is 15.1 Å². The molecule has 4 aromatic rings. The highest BCUT2D eigenvalue weighted by Crippen LogP contribution is 2.30. The predicted molar refractivity (Wildman–Crippen MR) is 186 cm³/mol. The Morgan fingerprint density at radius 3 is 2.02 bits per heavy atom. The molecule has 0 heterocycles. The number of anilines is 1. The summed E-state index contributed by atoms with van der Waals surface area (Å²) >= 11 is 18.9. The molecule has 0 aromatic heterocycles. The van der Waals surface area contributed by atoms with Crippen LogP contribution in [-0.4, -0.2) is 44.3 Å². The number of hydrogen-bond acceptors (Lipinski definition) is 4. The maximum Gasteiger partial charge on any atom is 0.264 e. The van der Waals surface area contributed by atoms with Gasteiger partial charge in [-0.15, -0.1) is 0 Å².